The average molecular weight is 344 g/mol. The van der Waals surface area contributed by atoms with Gasteiger partial charge in [0.1, 0.15) is 12.7 Å². The van der Waals surface area contributed by atoms with E-state index in [0.717, 1.165) is 4.57 Å². The van der Waals surface area contributed by atoms with E-state index in [1.54, 1.807) is 0 Å². The van der Waals surface area contributed by atoms with Gasteiger partial charge < -0.3 is 4.74 Å². The largest absolute Gasteiger partial charge is 0.524 e. The van der Waals surface area contributed by atoms with Crippen LogP contribution in [0.4, 0.5) is 18.0 Å². The quantitative estimate of drug-likeness (QED) is 0.595. The molecule has 10 heteroatoms. The smallest absolute Gasteiger partial charge is 0.343 e. The third-order valence-corrected chi connectivity index (χ3v) is 3.00. The fourth-order valence-electron chi connectivity index (χ4n) is 1.98. The summed E-state index contributed by atoms with van der Waals surface area (Å²) in [5.41, 5.74) is 0.272. The van der Waals surface area contributed by atoms with Crippen LogP contribution in [-0.2, 0) is 9.47 Å². The van der Waals surface area contributed by atoms with E-state index in [-0.39, 0.29) is 12.1 Å². The number of imidazole rings is 2. The van der Waals surface area contributed by atoms with Crippen LogP contribution >= 0.6 is 0 Å². The predicted octanol–water partition coefficient (Wildman–Crippen LogP) is 3.11. The number of alkyl halides is 3. The summed E-state index contributed by atoms with van der Waals surface area (Å²) in [6, 6.07) is -0.493. The molecule has 0 spiro atoms. The monoisotopic (exact) mass is 344 g/mol. The van der Waals surface area contributed by atoms with E-state index in [1.807, 2.05) is 0 Å². The van der Waals surface area contributed by atoms with Gasteiger partial charge in [0.05, 0.1) is 18.0 Å². The molecule has 0 aliphatic heterocycles. The topological polar surface area (TPSA) is 71.2 Å². The van der Waals surface area contributed by atoms with E-state index in [4.69, 9.17) is 4.74 Å². The molecule has 0 aromatic carbocycles. The van der Waals surface area contributed by atoms with Gasteiger partial charge in [-0.1, -0.05) is 6.08 Å². The van der Waals surface area contributed by atoms with Crippen LogP contribution in [0, 0.1) is 0 Å². The fraction of sp³-hybridized carbons (Fsp3) is 0.357. The summed E-state index contributed by atoms with van der Waals surface area (Å²) in [6.45, 7) is 4.86. The van der Waals surface area contributed by atoms with Gasteiger partial charge in [-0.25, -0.2) is 14.8 Å². The Morgan fingerprint density at radius 1 is 1.42 bits per heavy atom. The molecule has 0 bridgehead atoms. The third kappa shape index (κ3) is 4.52. The Morgan fingerprint density at radius 2 is 2.17 bits per heavy atom. The highest BCUT2D eigenvalue weighted by Gasteiger charge is 2.34. The van der Waals surface area contributed by atoms with Crippen molar-refractivity contribution in [2.45, 2.75) is 32.1 Å². The zero-order valence-corrected chi connectivity index (χ0v) is 12.7. The lowest BCUT2D eigenvalue weighted by Crippen LogP contribution is -2.28. The second kappa shape index (κ2) is 7.41. The van der Waals surface area contributed by atoms with Crippen molar-refractivity contribution < 1.29 is 27.4 Å². The summed E-state index contributed by atoms with van der Waals surface area (Å²) >= 11 is 0. The van der Waals surface area contributed by atoms with Crippen LogP contribution in [0.25, 0.3) is 0 Å². The van der Waals surface area contributed by atoms with Gasteiger partial charge in [0.15, 0.2) is 6.29 Å². The molecule has 0 amide bonds. The van der Waals surface area contributed by atoms with Gasteiger partial charge in [0, 0.05) is 18.8 Å². The highest BCUT2D eigenvalue weighted by atomic mass is 19.4. The Bertz CT molecular complexity index is 682. The summed E-state index contributed by atoms with van der Waals surface area (Å²) in [5, 5.41) is 0. The van der Waals surface area contributed by atoms with Gasteiger partial charge in [-0.3, -0.25) is 13.9 Å². The summed E-state index contributed by atoms with van der Waals surface area (Å²) in [6.07, 6.45) is 0.492. The van der Waals surface area contributed by atoms with Gasteiger partial charge in [0.25, 0.3) is 0 Å². The van der Waals surface area contributed by atoms with Crippen molar-refractivity contribution in [1.82, 2.24) is 19.1 Å². The zero-order valence-electron chi connectivity index (χ0n) is 12.7. The molecule has 1 unspecified atom stereocenters. The molecule has 0 aliphatic carbocycles. The molecule has 0 saturated carbocycles. The summed E-state index contributed by atoms with van der Waals surface area (Å²) in [7, 11) is 0. The van der Waals surface area contributed by atoms with Crippen LogP contribution < -0.4 is 0 Å². The maximum absolute atomic E-state index is 12.4. The van der Waals surface area contributed by atoms with E-state index < -0.39 is 24.8 Å². The van der Waals surface area contributed by atoms with Gasteiger partial charge in [-0.15, -0.1) is 19.8 Å². The van der Waals surface area contributed by atoms with Crippen molar-refractivity contribution in [2.75, 3.05) is 0 Å². The Hall–Kier alpha value is -2.46. The maximum Gasteiger partial charge on any atom is 0.524 e. The molecule has 0 saturated heterocycles. The molecule has 0 radical (unpaired) electrons. The number of carbonyl (C=O) groups is 1. The van der Waals surface area contributed by atoms with E-state index in [2.05, 4.69) is 21.3 Å². The number of halogens is 3. The number of hydrogen-bond donors (Lipinski definition) is 0. The number of hydrogen-bond acceptors (Lipinski definition) is 5. The number of aromatic nitrogens is 4. The average Bonchev–Trinajstić information content (AvgIpc) is 3.16. The van der Waals surface area contributed by atoms with Gasteiger partial charge >= 0.3 is 12.4 Å². The van der Waals surface area contributed by atoms with Gasteiger partial charge in [0.2, 0.25) is 0 Å². The van der Waals surface area contributed by atoms with Gasteiger partial charge in [-0.2, -0.15) is 0 Å². The van der Waals surface area contributed by atoms with Crippen LogP contribution in [0.2, 0.25) is 0 Å². The lowest BCUT2D eigenvalue weighted by atomic mass is 10.3. The van der Waals surface area contributed by atoms with Crippen LogP contribution in [0.5, 0.6) is 0 Å². The SMILES string of the molecule is C=CCC(O[C@H](C)c1cncn1C(=O)n1ccnc1)OC(F)(F)F. The molecule has 2 aromatic heterocycles. The summed E-state index contributed by atoms with van der Waals surface area (Å²) < 4.78 is 48.7. The first kappa shape index (κ1) is 17.9. The summed E-state index contributed by atoms with van der Waals surface area (Å²) in [5.74, 6) is 0. The van der Waals surface area contributed by atoms with Crippen LogP contribution in [0.15, 0.2) is 43.9 Å². The van der Waals surface area contributed by atoms with Crippen LogP contribution in [0.1, 0.15) is 25.1 Å². The van der Waals surface area contributed by atoms with Crippen molar-refractivity contribution in [3.63, 3.8) is 0 Å². The molecule has 24 heavy (non-hydrogen) atoms. The minimum Gasteiger partial charge on any atom is -0.343 e. The zero-order chi connectivity index (χ0) is 17.7. The molecule has 130 valence electrons. The number of carbonyl (C=O) groups excluding carboxylic acids is 1. The minimum atomic E-state index is -4.85. The first-order chi connectivity index (χ1) is 11.3. The molecule has 0 fully saturated rings. The van der Waals surface area contributed by atoms with Crippen molar-refractivity contribution in [3.05, 3.63) is 49.6 Å². The van der Waals surface area contributed by atoms with Crippen molar-refractivity contribution in [1.29, 1.82) is 0 Å². The molecule has 0 N–H and O–H groups in total. The Kier molecular flexibility index (Phi) is 5.52. The molecule has 2 aromatic rings. The Labute approximate surface area is 135 Å². The number of ether oxygens (including phenoxy) is 2. The van der Waals surface area contributed by atoms with Crippen molar-refractivity contribution in [2.24, 2.45) is 0 Å². The number of rotatable bonds is 6. The first-order valence-corrected chi connectivity index (χ1v) is 6.87. The van der Waals surface area contributed by atoms with Gasteiger partial charge in [-0.05, 0) is 6.92 Å². The van der Waals surface area contributed by atoms with E-state index >= 15 is 0 Å². The van der Waals surface area contributed by atoms with E-state index in [1.165, 1.54) is 48.8 Å². The molecule has 0 aliphatic rings. The molecule has 7 nitrogen and oxygen atoms in total. The lowest BCUT2D eigenvalue weighted by Gasteiger charge is -2.23. The number of nitrogens with zero attached hydrogens (tertiary/aromatic N) is 4. The fourth-order valence-corrected chi connectivity index (χ4v) is 1.98. The predicted molar refractivity (Wildman–Crippen MR) is 75.9 cm³/mol. The molecule has 2 atom stereocenters. The molecule has 2 heterocycles. The molecular weight excluding hydrogens is 329 g/mol. The second-order valence-electron chi connectivity index (χ2n) is 4.74. The second-order valence-corrected chi connectivity index (χ2v) is 4.74. The summed E-state index contributed by atoms with van der Waals surface area (Å²) in [4.78, 5) is 19.9. The Morgan fingerprint density at radius 3 is 2.75 bits per heavy atom. The van der Waals surface area contributed by atoms with Crippen LogP contribution in [-0.4, -0.2) is 37.8 Å². The lowest BCUT2D eigenvalue weighted by molar-refractivity contribution is -0.382. The third-order valence-electron chi connectivity index (χ3n) is 3.00. The normalized spacial score (nSPS) is 14.3. The van der Waals surface area contributed by atoms with Crippen LogP contribution in [0.3, 0.4) is 0 Å². The first-order valence-electron chi connectivity index (χ1n) is 6.87. The standard InChI is InChI=1S/C14H15F3N4O3/c1-3-4-12(24-14(15,16)17)23-10(2)11-7-19-9-21(11)13(22)20-6-5-18-8-20/h3,5-10,12H,1,4H2,2H3/t10-,12?/m1/s1. The maximum atomic E-state index is 12.4. The van der Waals surface area contributed by atoms with Crippen molar-refractivity contribution >= 4 is 6.03 Å². The highest BCUT2D eigenvalue weighted by molar-refractivity contribution is 5.79. The molecular formula is C14H15F3N4O3. The highest BCUT2D eigenvalue weighted by Crippen LogP contribution is 2.26. The minimum absolute atomic E-state index is 0.173. The Balaban J connectivity index is 2.15. The van der Waals surface area contributed by atoms with E-state index in [0.29, 0.717) is 0 Å². The van der Waals surface area contributed by atoms with E-state index in [9.17, 15) is 18.0 Å². The van der Waals surface area contributed by atoms with Crippen molar-refractivity contribution in [3.8, 4) is 0 Å². The molecule has 2 rings (SSSR count).